The Balaban J connectivity index is 1.73. The van der Waals surface area contributed by atoms with Gasteiger partial charge in [-0.05, 0) is 51.4 Å². The monoisotopic (exact) mass is 914 g/mol. The first-order valence-corrected chi connectivity index (χ1v) is 25.2. The molecule has 0 saturated carbocycles. The zero-order valence-corrected chi connectivity index (χ0v) is 39.5. The van der Waals surface area contributed by atoms with E-state index >= 15 is 0 Å². The van der Waals surface area contributed by atoms with Crippen LogP contribution in [0, 0.1) is 0 Å². The molecule has 0 aliphatic carbocycles. The summed E-state index contributed by atoms with van der Waals surface area (Å²) in [6.07, 6.45) is 25.1. The summed E-state index contributed by atoms with van der Waals surface area (Å²) in [6, 6.07) is -0.911. The average Bonchev–Trinajstić information content (AvgIpc) is 3.29. The molecule has 2 aliphatic rings. The first-order valence-electron chi connectivity index (χ1n) is 25.2. The van der Waals surface area contributed by atoms with Gasteiger partial charge in [0.15, 0.2) is 12.6 Å². The number of aliphatic hydroxyl groups excluding tert-OH is 8. The van der Waals surface area contributed by atoms with Crippen molar-refractivity contribution in [3.05, 3.63) is 36.5 Å². The Kier molecular flexibility index (Phi) is 33.9. The SMILES string of the molecule is CCCCCCC/C=C\C/C=C\CCCCCCCCCCCCCC(=O)NC(COC1OC(CO)C(OC2OC(CO)C(O)C(O)C2O)C(O)C1O)C(O)/C=C/CCCCCCC. The second-order valence-electron chi connectivity index (χ2n) is 17.9. The van der Waals surface area contributed by atoms with E-state index < -0.39 is 86.8 Å². The Labute approximate surface area is 385 Å². The number of unbranched alkanes of at least 4 members (excludes halogenated alkanes) is 21. The summed E-state index contributed by atoms with van der Waals surface area (Å²) in [7, 11) is 0. The fraction of sp³-hybridized carbons (Fsp3) is 0.860. The number of hydrogen-bond donors (Lipinski definition) is 9. The normalized spacial score (nSPS) is 27.5. The molecule has 12 atom stereocenters. The minimum Gasteiger partial charge on any atom is -0.394 e. The van der Waals surface area contributed by atoms with Gasteiger partial charge >= 0.3 is 0 Å². The predicted molar refractivity (Wildman–Crippen MR) is 249 cm³/mol. The number of aliphatic hydroxyl groups is 8. The van der Waals surface area contributed by atoms with E-state index in [1.54, 1.807) is 6.08 Å². The summed E-state index contributed by atoms with van der Waals surface area (Å²) in [5, 5.41) is 86.4. The zero-order valence-electron chi connectivity index (χ0n) is 39.5. The number of carbonyl (C=O) groups excluding carboxylic acids is 1. The molecule has 2 heterocycles. The summed E-state index contributed by atoms with van der Waals surface area (Å²) in [5.41, 5.74) is 0. The Morgan fingerprint density at radius 3 is 1.56 bits per heavy atom. The van der Waals surface area contributed by atoms with Crippen molar-refractivity contribution in [2.24, 2.45) is 0 Å². The van der Waals surface area contributed by atoms with E-state index in [9.17, 15) is 45.6 Å². The molecule has 64 heavy (non-hydrogen) atoms. The summed E-state index contributed by atoms with van der Waals surface area (Å²) in [5.74, 6) is -0.247. The number of hydrogen-bond acceptors (Lipinski definition) is 13. The van der Waals surface area contributed by atoms with Crippen LogP contribution in [0.3, 0.4) is 0 Å². The molecular weight excluding hydrogens is 823 g/mol. The van der Waals surface area contributed by atoms with E-state index in [2.05, 4.69) is 43.5 Å². The minimum absolute atomic E-state index is 0.247. The maximum atomic E-state index is 13.1. The van der Waals surface area contributed by atoms with Crippen LogP contribution in [0.5, 0.6) is 0 Å². The second-order valence-corrected chi connectivity index (χ2v) is 17.9. The molecule has 0 radical (unpaired) electrons. The van der Waals surface area contributed by atoms with Crippen LogP contribution < -0.4 is 5.32 Å². The maximum Gasteiger partial charge on any atom is 0.220 e. The molecule has 14 nitrogen and oxygen atoms in total. The molecule has 374 valence electrons. The zero-order chi connectivity index (χ0) is 46.8. The third-order valence-electron chi connectivity index (χ3n) is 12.3. The van der Waals surface area contributed by atoms with Crippen LogP contribution in [0.25, 0.3) is 0 Å². The first-order chi connectivity index (χ1) is 31.1. The smallest absolute Gasteiger partial charge is 0.220 e. The van der Waals surface area contributed by atoms with Gasteiger partial charge in [0.2, 0.25) is 5.91 Å². The Morgan fingerprint density at radius 2 is 1.03 bits per heavy atom. The third-order valence-corrected chi connectivity index (χ3v) is 12.3. The fourth-order valence-corrected chi connectivity index (χ4v) is 8.14. The number of rotatable bonds is 38. The van der Waals surface area contributed by atoms with Gasteiger partial charge in [-0.25, -0.2) is 0 Å². The number of ether oxygens (including phenoxy) is 4. The maximum absolute atomic E-state index is 13.1. The number of allylic oxidation sites excluding steroid dienone is 5. The highest BCUT2D eigenvalue weighted by Gasteiger charge is 2.51. The summed E-state index contributed by atoms with van der Waals surface area (Å²) in [6.45, 7) is 2.70. The molecule has 12 unspecified atom stereocenters. The average molecular weight is 914 g/mol. The van der Waals surface area contributed by atoms with Crippen LogP contribution in [0.4, 0.5) is 0 Å². The van der Waals surface area contributed by atoms with Gasteiger partial charge < -0.3 is 65.1 Å². The van der Waals surface area contributed by atoms with Gasteiger partial charge in [-0.2, -0.15) is 0 Å². The van der Waals surface area contributed by atoms with Crippen molar-refractivity contribution in [3.63, 3.8) is 0 Å². The lowest BCUT2D eigenvalue weighted by Gasteiger charge is -2.46. The fourth-order valence-electron chi connectivity index (χ4n) is 8.14. The topological polar surface area (TPSA) is 228 Å². The Bertz CT molecular complexity index is 1220. The lowest BCUT2D eigenvalue weighted by atomic mass is 9.97. The summed E-state index contributed by atoms with van der Waals surface area (Å²) in [4.78, 5) is 13.1. The molecule has 14 heteroatoms. The van der Waals surface area contributed by atoms with Crippen molar-refractivity contribution in [2.75, 3.05) is 19.8 Å². The van der Waals surface area contributed by atoms with Crippen LogP contribution in [-0.4, -0.2) is 140 Å². The van der Waals surface area contributed by atoms with E-state index in [1.807, 2.05) is 6.08 Å². The highest BCUT2D eigenvalue weighted by Crippen LogP contribution is 2.30. The second kappa shape index (κ2) is 37.2. The van der Waals surface area contributed by atoms with Gasteiger partial charge in [0.05, 0.1) is 32.0 Å². The molecule has 0 aromatic heterocycles. The lowest BCUT2D eigenvalue weighted by Crippen LogP contribution is -2.65. The van der Waals surface area contributed by atoms with Crippen molar-refractivity contribution in [1.29, 1.82) is 0 Å². The molecule has 9 N–H and O–H groups in total. The Hall–Kier alpha value is -1.79. The van der Waals surface area contributed by atoms with Gasteiger partial charge in [-0.1, -0.05) is 159 Å². The van der Waals surface area contributed by atoms with E-state index in [1.165, 1.54) is 96.3 Å². The highest BCUT2D eigenvalue weighted by molar-refractivity contribution is 5.76. The van der Waals surface area contributed by atoms with Gasteiger partial charge in [0, 0.05) is 6.42 Å². The van der Waals surface area contributed by atoms with Crippen molar-refractivity contribution in [1.82, 2.24) is 5.32 Å². The molecule has 1 amide bonds. The molecule has 0 spiro atoms. The predicted octanol–water partition coefficient (Wildman–Crippen LogP) is 6.32. The molecular formula is C50H91NO13. The van der Waals surface area contributed by atoms with Crippen molar-refractivity contribution >= 4 is 5.91 Å². The molecule has 2 aliphatic heterocycles. The van der Waals surface area contributed by atoms with Gasteiger partial charge in [-0.15, -0.1) is 0 Å². The van der Waals surface area contributed by atoms with E-state index in [4.69, 9.17) is 18.9 Å². The number of carbonyl (C=O) groups is 1. The largest absolute Gasteiger partial charge is 0.394 e. The molecule has 0 bridgehead atoms. The van der Waals surface area contributed by atoms with Crippen molar-refractivity contribution < 1.29 is 64.6 Å². The minimum atomic E-state index is -1.79. The van der Waals surface area contributed by atoms with Crippen LogP contribution in [-0.2, 0) is 23.7 Å². The standard InChI is InChI=1S/C50H91NO13/c1-3-5-7-9-11-12-13-14-15-16-17-18-19-20-21-22-23-24-25-26-28-30-32-34-42(55)51-38(39(54)33-31-29-27-10-8-6-4-2)37-61-49-47(60)45(58)48(41(36-53)63-49)64-50-46(59)44(57)43(56)40(35-52)62-50/h13-14,16-17,31,33,38-41,43-50,52-54,56-60H,3-12,15,18-30,32,34-37H2,1-2H3,(H,51,55)/b14-13-,17-16-,33-31+. The summed E-state index contributed by atoms with van der Waals surface area (Å²) < 4.78 is 22.6. The van der Waals surface area contributed by atoms with Gasteiger partial charge in [0.25, 0.3) is 0 Å². The van der Waals surface area contributed by atoms with Gasteiger partial charge in [-0.3, -0.25) is 4.79 Å². The molecule has 2 fully saturated rings. The highest BCUT2D eigenvalue weighted by atomic mass is 16.7. The molecule has 2 saturated heterocycles. The van der Waals surface area contributed by atoms with Crippen LogP contribution in [0.15, 0.2) is 36.5 Å². The van der Waals surface area contributed by atoms with Crippen LogP contribution >= 0.6 is 0 Å². The van der Waals surface area contributed by atoms with Crippen molar-refractivity contribution in [2.45, 2.75) is 254 Å². The van der Waals surface area contributed by atoms with E-state index in [0.29, 0.717) is 6.42 Å². The summed E-state index contributed by atoms with van der Waals surface area (Å²) >= 11 is 0. The first kappa shape index (κ1) is 58.3. The van der Waals surface area contributed by atoms with Gasteiger partial charge in [0.1, 0.15) is 48.8 Å². The Morgan fingerprint density at radius 1 is 0.562 bits per heavy atom. The number of nitrogens with one attached hydrogen (secondary N) is 1. The lowest BCUT2D eigenvalue weighted by molar-refractivity contribution is -0.359. The quantitative estimate of drug-likeness (QED) is 0.0244. The molecule has 0 aromatic rings. The molecule has 0 aromatic carbocycles. The third kappa shape index (κ3) is 24.3. The van der Waals surface area contributed by atoms with Crippen LogP contribution in [0.2, 0.25) is 0 Å². The molecule has 2 rings (SSSR count). The number of amides is 1. The van der Waals surface area contributed by atoms with Crippen LogP contribution in [0.1, 0.15) is 181 Å². The van der Waals surface area contributed by atoms with E-state index in [-0.39, 0.29) is 18.9 Å². The van der Waals surface area contributed by atoms with E-state index in [0.717, 1.165) is 57.8 Å². The van der Waals surface area contributed by atoms with Crippen molar-refractivity contribution in [3.8, 4) is 0 Å².